The van der Waals surface area contributed by atoms with Crippen LogP contribution in [0.5, 0.6) is 0 Å². The monoisotopic (exact) mass is 368 g/mol. The van der Waals surface area contributed by atoms with E-state index in [1.807, 2.05) is 50.2 Å². The topological polar surface area (TPSA) is 96.2 Å². The van der Waals surface area contributed by atoms with E-state index in [1.54, 1.807) is 0 Å². The number of benzene rings is 1. The Morgan fingerprint density at radius 2 is 1.93 bits per heavy atom. The molecule has 1 fully saturated rings. The first-order chi connectivity index (χ1) is 13.0. The van der Waals surface area contributed by atoms with Crippen LogP contribution < -0.4 is 21.3 Å². The van der Waals surface area contributed by atoms with Crippen molar-refractivity contribution in [2.75, 3.05) is 24.5 Å². The molecule has 2 amide bonds. The molecule has 0 saturated carbocycles. The molecule has 1 aliphatic rings. The molecule has 0 bridgehead atoms. The van der Waals surface area contributed by atoms with E-state index >= 15 is 0 Å². The third-order valence-electron chi connectivity index (χ3n) is 4.82. The molecule has 0 radical (unpaired) electrons. The van der Waals surface area contributed by atoms with Gasteiger partial charge in [0.05, 0.1) is 0 Å². The summed E-state index contributed by atoms with van der Waals surface area (Å²) in [5.41, 5.74) is 8.12. The number of hydrogen-bond donors (Lipinski definition) is 3. The van der Waals surface area contributed by atoms with Gasteiger partial charge in [0.2, 0.25) is 0 Å². The molecule has 1 saturated heterocycles. The molecule has 0 aliphatic carbocycles. The van der Waals surface area contributed by atoms with E-state index < -0.39 is 0 Å². The van der Waals surface area contributed by atoms with Gasteiger partial charge in [-0.2, -0.15) is 0 Å². The molecule has 7 heteroatoms. The fourth-order valence-corrected chi connectivity index (χ4v) is 3.37. The zero-order chi connectivity index (χ0) is 19.2. The lowest BCUT2D eigenvalue weighted by Crippen LogP contribution is -2.49. The molecule has 144 valence electrons. The van der Waals surface area contributed by atoms with Crippen molar-refractivity contribution in [3.8, 4) is 0 Å². The van der Waals surface area contributed by atoms with Crippen molar-refractivity contribution in [1.82, 2.24) is 20.6 Å². The van der Waals surface area contributed by atoms with Crippen molar-refractivity contribution in [3.63, 3.8) is 0 Å². The van der Waals surface area contributed by atoms with Crippen molar-refractivity contribution < 1.29 is 4.79 Å². The number of nitrogens with two attached hydrogens (primary N) is 1. The maximum absolute atomic E-state index is 12.2. The Balaban J connectivity index is 1.43. The molecule has 1 aliphatic heterocycles. The van der Waals surface area contributed by atoms with Crippen LogP contribution in [0, 0.1) is 13.8 Å². The fraction of sp³-hybridized carbons (Fsp3) is 0.450. The second-order valence-electron chi connectivity index (χ2n) is 7.05. The Labute approximate surface area is 160 Å². The number of urea groups is 1. The van der Waals surface area contributed by atoms with Crippen molar-refractivity contribution in [3.05, 3.63) is 53.5 Å². The highest BCUT2D eigenvalue weighted by atomic mass is 16.2. The summed E-state index contributed by atoms with van der Waals surface area (Å²) in [6.07, 6.45) is 1.78. The van der Waals surface area contributed by atoms with E-state index in [0.717, 1.165) is 48.8 Å². The van der Waals surface area contributed by atoms with E-state index in [9.17, 15) is 4.79 Å². The number of aromatic nitrogens is 2. The summed E-state index contributed by atoms with van der Waals surface area (Å²) >= 11 is 0. The molecule has 1 aromatic heterocycles. The highest BCUT2D eigenvalue weighted by Gasteiger charge is 2.22. The molecule has 0 spiro atoms. The van der Waals surface area contributed by atoms with Gasteiger partial charge in [-0.3, -0.25) is 0 Å². The van der Waals surface area contributed by atoms with Crippen LogP contribution >= 0.6 is 0 Å². The zero-order valence-corrected chi connectivity index (χ0v) is 16.0. The summed E-state index contributed by atoms with van der Waals surface area (Å²) < 4.78 is 0. The summed E-state index contributed by atoms with van der Waals surface area (Å²) in [5.74, 6) is 1.76. The number of nitrogens with one attached hydrogen (secondary N) is 2. The maximum atomic E-state index is 12.2. The lowest BCUT2D eigenvalue weighted by molar-refractivity contribution is 0.233. The average Bonchev–Trinajstić information content (AvgIpc) is 2.66. The van der Waals surface area contributed by atoms with E-state index in [0.29, 0.717) is 6.54 Å². The van der Waals surface area contributed by atoms with Gasteiger partial charge in [-0.25, -0.2) is 14.8 Å². The second-order valence-corrected chi connectivity index (χ2v) is 7.05. The zero-order valence-electron chi connectivity index (χ0n) is 16.0. The van der Waals surface area contributed by atoms with Crippen LogP contribution in [-0.2, 0) is 0 Å². The molecule has 27 heavy (non-hydrogen) atoms. The molecule has 1 atom stereocenters. The van der Waals surface area contributed by atoms with Crippen molar-refractivity contribution >= 4 is 11.8 Å². The first-order valence-corrected chi connectivity index (χ1v) is 9.43. The number of rotatable bonds is 5. The van der Waals surface area contributed by atoms with E-state index in [1.165, 1.54) is 0 Å². The number of carbonyl (C=O) groups excluding carboxylic acids is 1. The lowest BCUT2D eigenvalue weighted by Gasteiger charge is -2.33. The van der Waals surface area contributed by atoms with Gasteiger partial charge in [-0.15, -0.1) is 0 Å². The Bertz CT molecular complexity index is 738. The van der Waals surface area contributed by atoms with Crippen molar-refractivity contribution in [2.24, 2.45) is 5.73 Å². The van der Waals surface area contributed by atoms with Gasteiger partial charge in [0.15, 0.2) is 0 Å². The van der Waals surface area contributed by atoms with Crippen LogP contribution in [0.2, 0.25) is 0 Å². The maximum Gasteiger partial charge on any atom is 0.315 e. The number of hydrogen-bond acceptors (Lipinski definition) is 5. The number of aryl methyl sites for hydroxylation is 2. The van der Waals surface area contributed by atoms with Crippen LogP contribution in [0.1, 0.15) is 36.0 Å². The third kappa shape index (κ3) is 5.40. The third-order valence-corrected chi connectivity index (χ3v) is 4.82. The van der Waals surface area contributed by atoms with Crippen molar-refractivity contribution in [2.45, 2.75) is 38.8 Å². The summed E-state index contributed by atoms with van der Waals surface area (Å²) in [7, 11) is 0. The van der Waals surface area contributed by atoms with Gasteiger partial charge in [0, 0.05) is 43.5 Å². The quantitative estimate of drug-likeness (QED) is 0.751. The smallest absolute Gasteiger partial charge is 0.315 e. The SMILES string of the molecule is Cc1cc(N2CCC(NC(=O)NCC(N)c3ccccc3)CC2)nc(C)n1. The predicted octanol–water partition coefficient (Wildman–Crippen LogP) is 2.06. The highest BCUT2D eigenvalue weighted by Crippen LogP contribution is 2.18. The van der Waals surface area contributed by atoms with E-state index in [2.05, 4.69) is 25.5 Å². The minimum absolute atomic E-state index is 0.159. The first kappa shape index (κ1) is 19.1. The van der Waals surface area contributed by atoms with Crippen LogP contribution in [-0.4, -0.2) is 41.7 Å². The van der Waals surface area contributed by atoms with Gasteiger partial charge >= 0.3 is 6.03 Å². The van der Waals surface area contributed by atoms with Crippen LogP contribution in [0.25, 0.3) is 0 Å². The number of amides is 2. The van der Waals surface area contributed by atoms with Gasteiger partial charge in [0.25, 0.3) is 0 Å². The van der Waals surface area contributed by atoms with E-state index in [4.69, 9.17) is 5.73 Å². The van der Waals surface area contributed by atoms with Gasteiger partial charge in [0.1, 0.15) is 11.6 Å². The number of anilines is 1. The van der Waals surface area contributed by atoms with Crippen LogP contribution in [0.15, 0.2) is 36.4 Å². The van der Waals surface area contributed by atoms with Crippen LogP contribution in [0.4, 0.5) is 10.6 Å². The van der Waals surface area contributed by atoms with Crippen LogP contribution in [0.3, 0.4) is 0 Å². The molecule has 3 rings (SSSR count). The fourth-order valence-electron chi connectivity index (χ4n) is 3.37. The largest absolute Gasteiger partial charge is 0.356 e. The molecule has 1 aromatic carbocycles. The van der Waals surface area contributed by atoms with E-state index in [-0.39, 0.29) is 18.1 Å². The molecular formula is C20H28N6O. The molecule has 7 nitrogen and oxygen atoms in total. The minimum Gasteiger partial charge on any atom is -0.356 e. The molecule has 1 unspecified atom stereocenters. The lowest BCUT2D eigenvalue weighted by atomic mass is 10.1. The molecule has 2 heterocycles. The van der Waals surface area contributed by atoms with Gasteiger partial charge < -0.3 is 21.3 Å². The Hall–Kier alpha value is -2.67. The second kappa shape index (κ2) is 8.81. The van der Waals surface area contributed by atoms with Crippen molar-refractivity contribution in [1.29, 1.82) is 0 Å². The summed E-state index contributed by atoms with van der Waals surface area (Å²) in [4.78, 5) is 23.3. The number of piperidine rings is 1. The predicted molar refractivity (Wildman–Crippen MR) is 107 cm³/mol. The molecular weight excluding hydrogens is 340 g/mol. The number of carbonyl (C=O) groups is 1. The Morgan fingerprint density at radius 1 is 1.22 bits per heavy atom. The average molecular weight is 368 g/mol. The first-order valence-electron chi connectivity index (χ1n) is 9.43. The molecule has 2 aromatic rings. The van der Waals surface area contributed by atoms with Gasteiger partial charge in [-0.1, -0.05) is 30.3 Å². The Morgan fingerprint density at radius 3 is 2.59 bits per heavy atom. The summed E-state index contributed by atoms with van der Waals surface area (Å²) in [6, 6.07) is 11.6. The number of nitrogens with zero attached hydrogens (tertiary/aromatic N) is 3. The normalized spacial score (nSPS) is 16.0. The highest BCUT2D eigenvalue weighted by molar-refractivity contribution is 5.74. The summed E-state index contributed by atoms with van der Waals surface area (Å²) in [5, 5.41) is 5.93. The minimum atomic E-state index is -0.206. The van der Waals surface area contributed by atoms with Gasteiger partial charge in [-0.05, 0) is 32.3 Å². The molecule has 4 N–H and O–H groups in total. The standard InChI is InChI=1S/C20H28N6O/c1-14-12-19(24-15(2)23-14)26-10-8-17(9-11-26)25-20(27)22-13-18(21)16-6-4-3-5-7-16/h3-7,12,17-18H,8-11,13,21H2,1-2H3,(H2,22,25,27). The Kier molecular flexibility index (Phi) is 6.24. The summed E-state index contributed by atoms with van der Waals surface area (Å²) in [6.45, 7) is 6.04.